The van der Waals surface area contributed by atoms with E-state index in [9.17, 15) is 13.6 Å². The number of carboxylic acid groups (broad SMARTS) is 1. The lowest BCUT2D eigenvalue weighted by Crippen LogP contribution is -2.12. The summed E-state index contributed by atoms with van der Waals surface area (Å²) in [5.41, 5.74) is 6.98. The molecule has 0 atom stereocenters. The molecule has 3 aromatic rings. The van der Waals surface area contributed by atoms with Gasteiger partial charge in [-0.1, -0.05) is 19.4 Å². The molecule has 0 saturated heterocycles. The maximum absolute atomic E-state index is 12.8. The number of ether oxygens (including phenoxy) is 1. The molecular formula is C20H26F2N6O4. The van der Waals surface area contributed by atoms with Crippen molar-refractivity contribution in [3.8, 4) is 5.75 Å². The number of nitrogens with two attached hydrogens (primary N) is 1. The summed E-state index contributed by atoms with van der Waals surface area (Å²) in [5.74, 6) is -0.910. The van der Waals surface area contributed by atoms with Crippen molar-refractivity contribution in [2.75, 3.05) is 24.2 Å². The number of halogens is 2. The lowest BCUT2D eigenvalue weighted by molar-refractivity contribution is -0.0505. The number of hydrogen-bond donors (Lipinski definition) is 4. The van der Waals surface area contributed by atoms with E-state index in [-0.39, 0.29) is 30.4 Å². The van der Waals surface area contributed by atoms with E-state index < -0.39 is 12.6 Å². The summed E-state index contributed by atoms with van der Waals surface area (Å²) in [6, 6.07) is 3.79. The molecule has 0 amide bonds. The molecule has 1 aromatic carbocycles. The smallest absolute Gasteiger partial charge is 0.387 e. The fraction of sp³-hybridized carbons (Fsp3) is 0.400. The van der Waals surface area contributed by atoms with Gasteiger partial charge in [-0.05, 0) is 25.5 Å². The monoisotopic (exact) mass is 452 g/mol. The second-order valence-corrected chi connectivity index (χ2v) is 6.57. The number of alkyl halides is 2. The van der Waals surface area contributed by atoms with E-state index in [0.717, 1.165) is 18.9 Å². The highest BCUT2D eigenvalue weighted by Crippen LogP contribution is 2.27. The van der Waals surface area contributed by atoms with Crippen molar-refractivity contribution >= 4 is 28.8 Å². The number of fused-ring (bicyclic) bond motifs is 1. The predicted octanol–water partition coefficient (Wildman–Crippen LogP) is 2.97. The molecule has 5 N–H and O–H groups in total. The van der Waals surface area contributed by atoms with Crippen LogP contribution in [0.25, 0.3) is 11.0 Å². The number of nitrogens with zero attached hydrogens (tertiary/aromatic N) is 4. The minimum atomic E-state index is -3.10. The number of aromatic nitrogens is 4. The molecule has 2 heterocycles. The molecule has 3 rings (SSSR count). The van der Waals surface area contributed by atoms with E-state index in [0.29, 0.717) is 29.0 Å². The summed E-state index contributed by atoms with van der Waals surface area (Å²) in [6.07, 6.45) is 3.40. The molecule has 0 unspecified atom stereocenters. The maximum Gasteiger partial charge on any atom is 0.387 e. The standard InChI is InChI=1S/C18H20F2N6O3.C2H6O/c1-2-3-6-22-15-14-12(24-18(21)25-15)8-23-26(14)9-11-5-4-10(16(27)28)7-13(11)29-17(19)20;1-2-3/h4-5,7-8,17H,2-3,6,9H2,1H3,(H,27,28)(H3,21,22,24,25);3H,2H2,1H3. The Kier molecular flexibility index (Phi) is 9.08. The molecule has 32 heavy (non-hydrogen) atoms. The summed E-state index contributed by atoms with van der Waals surface area (Å²) < 4.78 is 31.7. The van der Waals surface area contributed by atoms with Crippen LogP contribution < -0.4 is 15.8 Å². The van der Waals surface area contributed by atoms with Crippen molar-refractivity contribution in [1.82, 2.24) is 19.7 Å². The van der Waals surface area contributed by atoms with Gasteiger partial charge < -0.3 is 26.0 Å². The summed E-state index contributed by atoms with van der Waals surface area (Å²) >= 11 is 0. The summed E-state index contributed by atoms with van der Waals surface area (Å²) in [6.45, 7) is 1.60. The van der Waals surface area contributed by atoms with Crippen LogP contribution in [0.2, 0.25) is 0 Å². The number of aliphatic hydroxyl groups is 1. The lowest BCUT2D eigenvalue weighted by atomic mass is 10.1. The highest BCUT2D eigenvalue weighted by atomic mass is 19.3. The molecule has 174 valence electrons. The molecule has 0 saturated carbocycles. The molecule has 12 heteroatoms. The topological polar surface area (TPSA) is 148 Å². The summed E-state index contributed by atoms with van der Waals surface area (Å²) in [5, 5.41) is 24.1. The number of carboxylic acids is 1. The minimum Gasteiger partial charge on any atom is -0.478 e. The molecule has 0 aliphatic heterocycles. The van der Waals surface area contributed by atoms with Gasteiger partial charge in [-0.15, -0.1) is 0 Å². The van der Waals surface area contributed by atoms with Gasteiger partial charge in [0.1, 0.15) is 16.8 Å². The number of carbonyl (C=O) groups is 1. The Hall–Kier alpha value is -3.54. The number of hydrogen-bond acceptors (Lipinski definition) is 8. The number of aliphatic hydroxyl groups excluding tert-OH is 1. The van der Waals surface area contributed by atoms with E-state index in [2.05, 4.69) is 32.0 Å². The minimum absolute atomic E-state index is 0.0428. The molecule has 10 nitrogen and oxygen atoms in total. The Labute approximate surface area is 183 Å². The zero-order chi connectivity index (χ0) is 23.7. The van der Waals surface area contributed by atoms with Gasteiger partial charge in [0.05, 0.1) is 18.3 Å². The molecule has 0 bridgehead atoms. The molecule has 2 aromatic heterocycles. The van der Waals surface area contributed by atoms with Crippen LogP contribution in [-0.4, -0.2) is 55.7 Å². The first-order valence-electron chi connectivity index (χ1n) is 9.95. The SMILES string of the molecule is CCCCNc1nc(N)nc2cnn(Cc3ccc(C(=O)O)cc3OC(F)F)c12.CCO. The summed E-state index contributed by atoms with van der Waals surface area (Å²) in [7, 11) is 0. The van der Waals surface area contributed by atoms with Crippen LogP contribution in [0.5, 0.6) is 5.75 Å². The first-order chi connectivity index (χ1) is 15.3. The van der Waals surface area contributed by atoms with Crippen LogP contribution in [-0.2, 0) is 6.54 Å². The first kappa shape index (κ1) is 24.7. The van der Waals surface area contributed by atoms with Gasteiger partial charge in [-0.2, -0.15) is 18.9 Å². The van der Waals surface area contributed by atoms with E-state index in [1.54, 1.807) is 6.92 Å². The zero-order valence-electron chi connectivity index (χ0n) is 17.8. The van der Waals surface area contributed by atoms with Gasteiger partial charge in [0.25, 0.3) is 0 Å². The Morgan fingerprint density at radius 2 is 2.03 bits per heavy atom. The van der Waals surface area contributed by atoms with E-state index in [1.165, 1.54) is 23.0 Å². The third kappa shape index (κ3) is 6.48. The molecular weight excluding hydrogens is 426 g/mol. The Morgan fingerprint density at radius 1 is 1.31 bits per heavy atom. The van der Waals surface area contributed by atoms with Crippen molar-refractivity contribution < 1.29 is 28.5 Å². The number of benzene rings is 1. The van der Waals surface area contributed by atoms with Gasteiger partial charge in [0, 0.05) is 18.7 Å². The molecule has 0 aliphatic carbocycles. The maximum atomic E-state index is 12.8. The van der Waals surface area contributed by atoms with Gasteiger partial charge in [-0.25, -0.2) is 9.78 Å². The average molecular weight is 452 g/mol. The third-order valence-corrected chi connectivity index (χ3v) is 4.18. The van der Waals surface area contributed by atoms with Crippen LogP contribution in [0.3, 0.4) is 0 Å². The normalized spacial score (nSPS) is 10.7. The van der Waals surface area contributed by atoms with Crippen molar-refractivity contribution in [3.63, 3.8) is 0 Å². The largest absolute Gasteiger partial charge is 0.478 e. The zero-order valence-corrected chi connectivity index (χ0v) is 17.8. The fourth-order valence-corrected chi connectivity index (χ4v) is 2.83. The predicted molar refractivity (Wildman–Crippen MR) is 115 cm³/mol. The van der Waals surface area contributed by atoms with E-state index >= 15 is 0 Å². The van der Waals surface area contributed by atoms with Gasteiger partial charge in [-0.3, -0.25) is 4.68 Å². The highest BCUT2D eigenvalue weighted by molar-refractivity contribution is 5.88. The quantitative estimate of drug-likeness (QED) is 0.360. The summed E-state index contributed by atoms with van der Waals surface area (Å²) in [4.78, 5) is 19.5. The second-order valence-electron chi connectivity index (χ2n) is 6.57. The van der Waals surface area contributed by atoms with E-state index in [1.807, 2.05) is 0 Å². The Morgan fingerprint density at radius 3 is 2.66 bits per heavy atom. The van der Waals surface area contributed by atoms with Crippen molar-refractivity contribution in [2.45, 2.75) is 39.8 Å². The third-order valence-electron chi connectivity index (χ3n) is 4.18. The molecule has 0 fully saturated rings. The van der Waals surface area contributed by atoms with Crippen LogP contribution >= 0.6 is 0 Å². The lowest BCUT2D eigenvalue weighted by Gasteiger charge is -2.13. The number of aromatic carboxylic acids is 1. The van der Waals surface area contributed by atoms with Crippen molar-refractivity contribution in [1.29, 1.82) is 0 Å². The number of anilines is 2. The number of rotatable bonds is 9. The van der Waals surface area contributed by atoms with Crippen LogP contribution in [0.4, 0.5) is 20.5 Å². The number of nitrogens with one attached hydrogen (secondary N) is 1. The molecule has 0 spiro atoms. The fourth-order valence-electron chi connectivity index (χ4n) is 2.83. The Balaban J connectivity index is 0.00000114. The second kappa shape index (κ2) is 11.7. The Bertz CT molecular complexity index is 1040. The average Bonchev–Trinajstić information content (AvgIpc) is 3.12. The van der Waals surface area contributed by atoms with Gasteiger partial charge in [0.2, 0.25) is 5.95 Å². The van der Waals surface area contributed by atoms with Gasteiger partial charge in [0.15, 0.2) is 5.82 Å². The highest BCUT2D eigenvalue weighted by Gasteiger charge is 2.17. The first-order valence-corrected chi connectivity index (χ1v) is 9.95. The van der Waals surface area contributed by atoms with E-state index in [4.69, 9.17) is 15.9 Å². The number of nitrogen functional groups attached to an aromatic ring is 1. The van der Waals surface area contributed by atoms with Crippen LogP contribution in [0.1, 0.15) is 42.6 Å². The number of unbranched alkanes of at least 4 members (excludes halogenated alkanes) is 1. The van der Waals surface area contributed by atoms with Crippen molar-refractivity contribution in [3.05, 3.63) is 35.5 Å². The van der Waals surface area contributed by atoms with Crippen molar-refractivity contribution in [2.24, 2.45) is 0 Å². The van der Waals surface area contributed by atoms with Gasteiger partial charge >= 0.3 is 12.6 Å². The molecule has 0 aliphatic rings. The molecule has 0 radical (unpaired) electrons. The van der Waals surface area contributed by atoms with Crippen LogP contribution in [0, 0.1) is 0 Å². The van der Waals surface area contributed by atoms with Crippen LogP contribution in [0.15, 0.2) is 24.4 Å².